The molecule has 7 nitrogen and oxygen atoms in total. The monoisotopic (exact) mass is 549 g/mol. The van der Waals surface area contributed by atoms with E-state index in [9.17, 15) is 27.2 Å². The molecule has 3 atom stereocenters. The first-order valence-electron chi connectivity index (χ1n) is 12.9. The number of rotatable bonds is 6. The van der Waals surface area contributed by atoms with Gasteiger partial charge in [-0.3, -0.25) is 9.59 Å². The van der Waals surface area contributed by atoms with Crippen molar-refractivity contribution in [1.29, 1.82) is 0 Å². The van der Waals surface area contributed by atoms with Gasteiger partial charge in [0.1, 0.15) is 5.82 Å². The molecule has 1 saturated carbocycles. The Balaban J connectivity index is 0.000000448. The van der Waals surface area contributed by atoms with E-state index >= 15 is 0 Å². The number of carboxylic acids is 1. The van der Waals surface area contributed by atoms with Gasteiger partial charge in [0.15, 0.2) is 0 Å². The molecule has 1 unspecified atom stereocenters. The van der Waals surface area contributed by atoms with Gasteiger partial charge in [0.25, 0.3) is 0 Å². The van der Waals surface area contributed by atoms with Gasteiger partial charge in [-0.05, 0) is 61.5 Å². The van der Waals surface area contributed by atoms with E-state index in [-0.39, 0.29) is 29.5 Å². The Kier molecular flexibility index (Phi) is 8.58. The molecule has 2 aromatic rings. The van der Waals surface area contributed by atoms with Crippen LogP contribution in [0.15, 0.2) is 54.6 Å². The van der Waals surface area contributed by atoms with Crippen LogP contribution in [0.5, 0.6) is 0 Å². The van der Waals surface area contributed by atoms with E-state index in [2.05, 4.69) is 27.7 Å². The van der Waals surface area contributed by atoms with Crippen LogP contribution in [0.2, 0.25) is 0 Å². The number of likely N-dealkylation sites (tertiary alicyclic amines) is 1. The Morgan fingerprint density at radius 3 is 2.23 bits per heavy atom. The van der Waals surface area contributed by atoms with E-state index in [1.165, 1.54) is 17.7 Å². The van der Waals surface area contributed by atoms with E-state index in [0.717, 1.165) is 44.5 Å². The molecule has 2 aromatic carbocycles. The number of nitrogens with zero attached hydrogens (tertiary/aromatic N) is 1. The van der Waals surface area contributed by atoms with E-state index < -0.39 is 17.6 Å². The number of carbonyl (C=O) groups is 3. The molecule has 0 aromatic heterocycles. The smallest absolute Gasteiger partial charge is 0.475 e. The molecule has 3 fully saturated rings. The van der Waals surface area contributed by atoms with Crippen LogP contribution >= 0.6 is 0 Å². The van der Waals surface area contributed by atoms with Gasteiger partial charge in [0.05, 0.1) is 5.41 Å². The highest BCUT2D eigenvalue weighted by Crippen LogP contribution is 2.48. The Morgan fingerprint density at radius 2 is 1.64 bits per heavy atom. The number of nitrogens with one attached hydrogen (secondary N) is 2. The molecule has 2 saturated heterocycles. The summed E-state index contributed by atoms with van der Waals surface area (Å²) in [5.74, 6) is -2.19. The molecule has 11 heteroatoms. The Hall–Kier alpha value is -3.47. The first-order valence-corrected chi connectivity index (χ1v) is 12.9. The number of piperidine rings is 1. The van der Waals surface area contributed by atoms with Crippen molar-refractivity contribution in [2.75, 3.05) is 32.7 Å². The summed E-state index contributed by atoms with van der Waals surface area (Å²) in [5, 5.41) is 13.3. The van der Waals surface area contributed by atoms with E-state index in [1.807, 2.05) is 30.3 Å². The summed E-state index contributed by atoms with van der Waals surface area (Å²) in [6, 6.07) is 16.8. The summed E-state index contributed by atoms with van der Waals surface area (Å²) >= 11 is 0. The summed E-state index contributed by atoms with van der Waals surface area (Å²) in [7, 11) is 0. The Labute approximate surface area is 223 Å². The molecule has 1 aliphatic carbocycles. The molecule has 1 spiro atoms. The zero-order chi connectivity index (χ0) is 28.2. The molecule has 2 amide bonds. The zero-order valence-corrected chi connectivity index (χ0v) is 21.2. The minimum Gasteiger partial charge on any atom is -0.475 e. The van der Waals surface area contributed by atoms with Gasteiger partial charge >= 0.3 is 12.1 Å². The number of hydrogen-bond acceptors (Lipinski definition) is 4. The van der Waals surface area contributed by atoms with Gasteiger partial charge in [-0.15, -0.1) is 0 Å². The lowest BCUT2D eigenvalue weighted by atomic mass is 9.68. The van der Waals surface area contributed by atoms with Crippen LogP contribution < -0.4 is 10.6 Å². The second-order valence-electron chi connectivity index (χ2n) is 10.3. The van der Waals surface area contributed by atoms with Crippen molar-refractivity contribution in [2.45, 2.75) is 37.3 Å². The van der Waals surface area contributed by atoms with Crippen LogP contribution in [-0.2, 0) is 14.4 Å². The van der Waals surface area contributed by atoms with Crippen LogP contribution in [0.1, 0.15) is 42.2 Å². The molecule has 0 radical (unpaired) electrons. The summed E-state index contributed by atoms with van der Waals surface area (Å²) in [5.41, 5.74) is 1.87. The third kappa shape index (κ3) is 6.76. The quantitative estimate of drug-likeness (QED) is 0.478. The normalized spacial score (nSPS) is 23.9. The van der Waals surface area contributed by atoms with Gasteiger partial charge in [-0.25, -0.2) is 9.18 Å². The fraction of sp³-hybridized carbons (Fsp3) is 0.464. The SMILES string of the molecule is O=C(NCCN1CCC2(CC1)C(=O)NC[C@@H]2c1ccc(F)cc1)C1C[C@H]1c1ccccc1.O=C(O)C(F)(F)F. The van der Waals surface area contributed by atoms with Gasteiger partial charge in [0.2, 0.25) is 11.8 Å². The van der Waals surface area contributed by atoms with Crippen LogP contribution in [0.4, 0.5) is 17.6 Å². The molecular formula is C28H31F4N3O4. The van der Waals surface area contributed by atoms with Crippen LogP contribution in [0.3, 0.4) is 0 Å². The summed E-state index contributed by atoms with van der Waals surface area (Å²) < 4.78 is 45.1. The average Bonchev–Trinajstić information content (AvgIpc) is 3.66. The van der Waals surface area contributed by atoms with Crippen molar-refractivity contribution in [2.24, 2.45) is 11.3 Å². The highest BCUT2D eigenvalue weighted by molar-refractivity contribution is 5.86. The summed E-state index contributed by atoms with van der Waals surface area (Å²) in [4.78, 5) is 36.5. The predicted molar refractivity (Wildman–Crippen MR) is 134 cm³/mol. The third-order valence-corrected chi connectivity index (χ3v) is 7.93. The molecule has 39 heavy (non-hydrogen) atoms. The van der Waals surface area contributed by atoms with Crippen molar-refractivity contribution >= 4 is 17.8 Å². The first-order chi connectivity index (χ1) is 18.5. The predicted octanol–water partition coefficient (Wildman–Crippen LogP) is 3.67. The highest BCUT2D eigenvalue weighted by atomic mass is 19.4. The van der Waals surface area contributed by atoms with Gasteiger partial charge in [0, 0.05) is 31.5 Å². The Bertz CT molecular complexity index is 1170. The molecule has 0 bridgehead atoms. The van der Waals surface area contributed by atoms with Gasteiger partial charge in [-0.2, -0.15) is 13.2 Å². The lowest BCUT2D eigenvalue weighted by molar-refractivity contribution is -0.192. The summed E-state index contributed by atoms with van der Waals surface area (Å²) in [6.07, 6.45) is -2.58. The number of alkyl halides is 3. The van der Waals surface area contributed by atoms with Crippen molar-refractivity contribution in [3.63, 3.8) is 0 Å². The minimum absolute atomic E-state index is 0.0854. The fourth-order valence-electron chi connectivity index (χ4n) is 5.63. The van der Waals surface area contributed by atoms with Crippen molar-refractivity contribution < 1.29 is 37.1 Å². The van der Waals surface area contributed by atoms with Crippen molar-refractivity contribution in [3.8, 4) is 0 Å². The molecule has 3 N–H and O–H groups in total. The lowest BCUT2D eigenvalue weighted by Crippen LogP contribution is -2.47. The topological polar surface area (TPSA) is 98.7 Å². The first kappa shape index (κ1) is 28.5. The molecule has 5 rings (SSSR count). The number of carboxylic acid groups (broad SMARTS) is 1. The number of carbonyl (C=O) groups excluding carboxylic acids is 2. The summed E-state index contributed by atoms with van der Waals surface area (Å²) in [6.45, 7) is 3.71. The zero-order valence-electron chi connectivity index (χ0n) is 21.2. The highest BCUT2D eigenvalue weighted by Gasteiger charge is 2.52. The number of amides is 2. The second-order valence-corrected chi connectivity index (χ2v) is 10.3. The maximum absolute atomic E-state index is 13.4. The molecule has 3 aliphatic rings. The van der Waals surface area contributed by atoms with Crippen LogP contribution in [0.25, 0.3) is 0 Å². The molecule has 2 aliphatic heterocycles. The third-order valence-electron chi connectivity index (χ3n) is 7.93. The van der Waals surface area contributed by atoms with E-state index in [1.54, 1.807) is 0 Å². The van der Waals surface area contributed by atoms with E-state index in [0.29, 0.717) is 19.0 Å². The average molecular weight is 550 g/mol. The number of benzene rings is 2. The van der Waals surface area contributed by atoms with Crippen LogP contribution in [0, 0.1) is 17.2 Å². The minimum atomic E-state index is -5.08. The maximum atomic E-state index is 13.4. The molecular weight excluding hydrogens is 518 g/mol. The largest absolute Gasteiger partial charge is 0.490 e. The molecule has 210 valence electrons. The Morgan fingerprint density at radius 1 is 1.03 bits per heavy atom. The number of aliphatic carboxylic acids is 1. The standard InChI is InChI=1S/C26H30FN3O2.C2HF3O2/c27-20-8-6-19(7-9-20)23-17-29-25(32)26(23)10-13-30(14-11-26)15-12-28-24(31)22-16-21(22)18-4-2-1-3-5-18;3-2(4,5)1(6)7/h1-9,21-23H,10-17H2,(H,28,31)(H,29,32);(H,6,7)/t21-,22?,23+;/m0./s1. The van der Waals surface area contributed by atoms with Gasteiger partial charge < -0.3 is 20.6 Å². The van der Waals surface area contributed by atoms with E-state index in [4.69, 9.17) is 9.90 Å². The lowest BCUT2D eigenvalue weighted by Gasteiger charge is -2.41. The molecule has 2 heterocycles. The van der Waals surface area contributed by atoms with Crippen LogP contribution in [-0.4, -0.2) is 66.7 Å². The number of hydrogen-bond donors (Lipinski definition) is 3. The fourth-order valence-corrected chi connectivity index (χ4v) is 5.63. The van der Waals surface area contributed by atoms with Crippen molar-refractivity contribution in [1.82, 2.24) is 15.5 Å². The van der Waals surface area contributed by atoms with Gasteiger partial charge in [-0.1, -0.05) is 42.5 Å². The second kappa shape index (κ2) is 11.7. The van der Waals surface area contributed by atoms with Crippen molar-refractivity contribution in [3.05, 3.63) is 71.5 Å². The maximum Gasteiger partial charge on any atom is 0.490 e. The number of halogens is 4.